The molecule has 3 aromatic heterocycles. The maximum Gasteiger partial charge on any atom is 0.306 e. The van der Waals surface area contributed by atoms with Crippen molar-refractivity contribution in [2.75, 3.05) is 7.11 Å². The summed E-state index contributed by atoms with van der Waals surface area (Å²) in [6.07, 6.45) is 6.99. The van der Waals surface area contributed by atoms with Gasteiger partial charge in [-0.2, -0.15) is 0 Å². The van der Waals surface area contributed by atoms with Crippen molar-refractivity contribution in [2.24, 2.45) is 0 Å². The summed E-state index contributed by atoms with van der Waals surface area (Å²) in [5.41, 5.74) is 2.09. The minimum atomic E-state index is -0.637. The quantitative estimate of drug-likeness (QED) is 0.604. The van der Waals surface area contributed by atoms with Gasteiger partial charge in [0, 0.05) is 48.9 Å². The molecule has 0 aliphatic heterocycles. The number of pyridine rings is 2. The molecule has 0 saturated heterocycles. The highest BCUT2D eigenvalue weighted by atomic mass is 16.5. The molecule has 28 heavy (non-hydrogen) atoms. The first-order valence-corrected chi connectivity index (χ1v) is 8.88. The molecule has 0 bridgehead atoms. The Kier molecular flexibility index (Phi) is 5.88. The van der Waals surface area contributed by atoms with Crippen LogP contribution < -0.4 is 5.56 Å². The lowest BCUT2D eigenvalue weighted by Gasteiger charge is -2.20. The Hall–Kier alpha value is -3.42. The number of nitrogens with one attached hydrogen (secondary N) is 1. The zero-order valence-corrected chi connectivity index (χ0v) is 15.8. The normalized spacial score (nSPS) is 11.9. The van der Waals surface area contributed by atoms with Gasteiger partial charge in [0.1, 0.15) is 5.75 Å². The van der Waals surface area contributed by atoms with E-state index in [1.165, 1.54) is 7.11 Å². The standard InChI is InChI=1S/C20H22N4O4/c1-13-9-17(25)19(20(27)24(13)8-5-15-11-22-12-23-15)16(10-18(26)28-2)14-3-6-21-7-4-14/h3-4,6-7,9,11-12,16,25H,5,8,10H2,1-2H3,(H,22,23)/t16-/m0/s1. The van der Waals surface area contributed by atoms with E-state index in [2.05, 4.69) is 15.0 Å². The number of aromatic hydroxyl groups is 1. The number of rotatable bonds is 7. The fourth-order valence-electron chi connectivity index (χ4n) is 3.26. The Morgan fingerprint density at radius 2 is 2.07 bits per heavy atom. The number of esters is 1. The average Bonchev–Trinajstić information content (AvgIpc) is 3.20. The molecule has 0 unspecified atom stereocenters. The Morgan fingerprint density at radius 3 is 2.71 bits per heavy atom. The lowest BCUT2D eigenvalue weighted by Crippen LogP contribution is -2.29. The van der Waals surface area contributed by atoms with Crippen LogP contribution in [0.4, 0.5) is 0 Å². The van der Waals surface area contributed by atoms with Crippen LogP contribution in [0.3, 0.4) is 0 Å². The smallest absolute Gasteiger partial charge is 0.306 e. The molecule has 2 N–H and O–H groups in total. The second kappa shape index (κ2) is 8.51. The molecule has 0 aromatic carbocycles. The predicted octanol–water partition coefficient (Wildman–Crippen LogP) is 1.92. The molecule has 0 fully saturated rings. The van der Waals surface area contributed by atoms with Gasteiger partial charge in [-0.25, -0.2) is 4.98 Å². The van der Waals surface area contributed by atoms with Crippen LogP contribution in [0.15, 0.2) is 47.9 Å². The first-order chi connectivity index (χ1) is 13.5. The molecule has 8 nitrogen and oxygen atoms in total. The SMILES string of the molecule is COC(=O)C[C@@H](c1ccncc1)c1c(O)cc(C)n(CCc2cnc[nH]2)c1=O. The highest BCUT2D eigenvalue weighted by molar-refractivity contribution is 5.71. The molecule has 0 aliphatic rings. The maximum atomic E-state index is 13.3. The van der Waals surface area contributed by atoms with Gasteiger partial charge in [-0.05, 0) is 30.7 Å². The molecule has 0 saturated carbocycles. The van der Waals surface area contributed by atoms with Crippen LogP contribution in [-0.2, 0) is 22.5 Å². The van der Waals surface area contributed by atoms with Crippen LogP contribution in [0.2, 0.25) is 0 Å². The van der Waals surface area contributed by atoms with Crippen molar-refractivity contribution in [3.63, 3.8) is 0 Å². The molecule has 146 valence electrons. The highest BCUT2D eigenvalue weighted by Gasteiger charge is 2.26. The molecule has 0 amide bonds. The minimum Gasteiger partial charge on any atom is -0.507 e. The zero-order valence-electron chi connectivity index (χ0n) is 15.8. The molecule has 1 atom stereocenters. The minimum absolute atomic E-state index is 0.0626. The summed E-state index contributed by atoms with van der Waals surface area (Å²) in [7, 11) is 1.30. The van der Waals surface area contributed by atoms with Gasteiger partial charge < -0.3 is 19.4 Å². The van der Waals surface area contributed by atoms with Crippen molar-refractivity contribution in [3.8, 4) is 5.75 Å². The molecule has 3 aromatic rings. The van der Waals surface area contributed by atoms with Gasteiger partial charge in [-0.3, -0.25) is 14.6 Å². The molecule has 0 radical (unpaired) electrons. The number of aromatic amines is 1. The number of ether oxygens (including phenoxy) is 1. The van der Waals surface area contributed by atoms with E-state index in [4.69, 9.17) is 4.74 Å². The fraction of sp³-hybridized carbons (Fsp3) is 0.300. The van der Waals surface area contributed by atoms with Crippen molar-refractivity contribution in [1.82, 2.24) is 19.5 Å². The topological polar surface area (TPSA) is 110 Å². The number of aryl methyl sites for hydroxylation is 2. The lowest BCUT2D eigenvalue weighted by molar-refractivity contribution is -0.140. The Bertz CT molecular complexity index is 997. The number of hydrogen-bond donors (Lipinski definition) is 2. The summed E-state index contributed by atoms with van der Waals surface area (Å²) in [6, 6.07) is 5.00. The van der Waals surface area contributed by atoms with Gasteiger partial charge in [-0.15, -0.1) is 0 Å². The van der Waals surface area contributed by atoms with Crippen molar-refractivity contribution >= 4 is 5.97 Å². The lowest BCUT2D eigenvalue weighted by atomic mass is 9.89. The van der Waals surface area contributed by atoms with Gasteiger partial charge >= 0.3 is 5.97 Å². The summed E-state index contributed by atoms with van der Waals surface area (Å²) >= 11 is 0. The van der Waals surface area contributed by atoms with Gasteiger partial charge in [-0.1, -0.05) is 0 Å². The van der Waals surface area contributed by atoms with E-state index in [-0.39, 0.29) is 23.3 Å². The zero-order chi connectivity index (χ0) is 20.1. The third-order valence-electron chi connectivity index (χ3n) is 4.74. The summed E-state index contributed by atoms with van der Waals surface area (Å²) in [6.45, 7) is 2.18. The van der Waals surface area contributed by atoms with Crippen LogP contribution in [0, 0.1) is 6.92 Å². The van der Waals surface area contributed by atoms with E-state index in [1.807, 2.05) is 0 Å². The number of methoxy groups -OCH3 is 1. The van der Waals surface area contributed by atoms with Crippen LogP contribution in [0.25, 0.3) is 0 Å². The Labute approximate surface area is 161 Å². The van der Waals surface area contributed by atoms with E-state index in [1.54, 1.807) is 54.6 Å². The van der Waals surface area contributed by atoms with Crippen LogP contribution in [0.1, 0.15) is 34.9 Å². The van der Waals surface area contributed by atoms with Crippen LogP contribution in [-0.4, -0.2) is 37.7 Å². The van der Waals surface area contributed by atoms with E-state index >= 15 is 0 Å². The van der Waals surface area contributed by atoms with E-state index in [0.29, 0.717) is 24.2 Å². The second-order valence-corrected chi connectivity index (χ2v) is 6.48. The fourth-order valence-corrected chi connectivity index (χ4v) is 3.26. The highest BCUT2D eigenvalue weighted by Crippen LogP contribution is 2.32. The van der Waals surface area contributed by atoms with Crippen LogP contribution >= 0.6 is 0 Å². The average molecular weight is 382 g/mol. The first-order valence-electron chi connectivity index (χ1n) is 8.88. The van der Waals surface area contributed by atoms with Gasteiger partial charge in [0.2, 0.25) is 0 Å². The van der Waals surface area contributed by atoms with Crippen LogP contribution in [0.5, 0.6) is 5.75 Å². The number of nitrogens with zero attached hydrogens (tertiary/aromatic N) is 3. The van der Waals surface area contributed by atoms with Gasteiger partial charge in [0.05, 0.1) is 25.4 Å². The number of H-pyrrole nitrogens is 1. The largest absolute Gasteiger partial charge is 0.507 e. The second-order valence-electron chi connectivity index (χ2n) is 6.48. The molecular formula is C20H22N4O4. The van der Waals surface area contributed by atoms with E-state index in [9.17, 15) is 14.7 Å². The van der Waals surface area contributed by atoms with Crippen molar-refractivity contribution < 1.29 is 14.6 Å². The van der Waals surface area contributed by atoms with E-state index < -0.39 is 11.9 Å². The summed E-state index contributed by atoms with van der Waals surface area (Å²) in [5.74, 6) is -1.24. The number of hydrogen-bond acceptors (Lipinski definition) is 6. The van der Waals surface area contributed by atoms with Crippen molar-refractivity contribution in [3.05, 3.63) is 76.0 Å². The number of carbonyl (C=O) groups excluding carboxylic acids is 1. The number of aromatic nitrogens is 4. The summed E-state index contributed by atoms with van der Waals surface area (Å²) in [4.78, 5) is 36.2. The Balaban J connectivity index is 2.05. The van der Waals surface area contributed by atoms with Crippen molar-refractivity contribution in [2.45, 2.75) is 32.2 Å². The molecule has 8 heteroatoms. The molecule has 3 heterocycles. The predicted molar refractivity (Wildman–Crippen MR) is 102 cm³/mol. The van der Waals surface area contributed by atoms with E-state index in [0.717, 1.165) is 5.69 Å². The number of carbonyl (C=O) groups is 1. The van der Waals surface area contributed by atoms with Gasteiger partial charge in [0.25, 0.3) is 5.56 Å². The number of imidazole rings is 1. The third kappa shape index (κ3) is 4.11. The monoisotopic (exact) mass is 382 g/mol. The molecule has 3 rings (SSSR count). The summed E-state index contributed by atoms with van der Waals surface area (Å²) in [5, 5.41) is 10.6. The third-order valence-corrected chi connectivity index (χ3v) is 4.74. The van der Waals surface area contributed by atoms with Gasteiger partial charge in [0.15, 0.2) is 0 Å². The molecular weight excluding hydrogens is 360 g/mol. The molecule has 0 spiro atoms. The van der Waals surface area contributed by atoms with Crippen molar-refractivity contribution in [1.29, 1.82) is 0 Å². The Morgan fingerprint density at radius 1 is 1.32 bits per heavy atom. The molecule has 0 aliphatic carbocycles. The first kappa shape index (κ1) is 19.3. The maximum absolute atomic E-state index is 13.3. The summed E-state index contributed by atoms with van der Waals surface area (Å²) < 4.78 is 6.40.